The molecule has 0 radical (unpaired) electrons. The van der Waals surface area contributed by atoms with Gasteiger partial charge in [-0.05, 0) is 24.6 Å². The van der Waals surface area contributed by atoms with Crippen molar-refractivity contribution in [2.75, 3.05) is 31.1 Å². The van der Waals surface area contributed by atoms with Crippen LogP contribution in [0.3, 0.4) is 0 Å². The van der Waals surface area contributed by atoms with Gasteiger partial charge in [0.1, 0.15) is 5.75 Å². The number of aromatic nitrogens is 1. The number of carbonyl (C=O) groups excluding carboxylic acids is 1. The minimum Gasteiger partial charge on any atom is -0.484 e. The molecule has 1 aliphatic heterocycles. The topological polar surface area (TPSA) is 71.7 Å². The summed E-state index contributed by atoms with van der Waals surface area (Å²) in [5.74, 6) is 0.216. The minimum atomic E-state index is -0.465. The van der Waals surface area contributed by atoms with Crippen molar-refractivity contribution in [1.29, 1.82) is 0 Å². The van der Waals surface area contributed by atoms with E-state index in [0.717, 1.165) is 31.3 Å². The van der Waals surface area contributed by atoms with Gasteiger partial charge in [0.25, 0.3) is 5.91 Å². The minimum absolute atomic E-state index is 0.0903. The molecule has 6 nitrogen and oxygen atoms in total. The van der Waals surface area contributed by atoms with Crippen LogP contribution >= 0.6 is 11.3 Å². The summed E-state index contributed by atoms with van der Waals surface area (Å²) < 4.78 is 5.38. The number of nitrogens with two attached hydrogens (primary N) is 1. The summed E-state index contributed by atoms with van der Waals surface area (Å²) in [7, 11) is 0. The number of amides is 1. The van der Waals surface area contributed by atoms with Crippen LogP contribution in [-0.4, -0.2) is 48.1 Å². The van der Waals surface area contributed by atoms with Gasteiger partial charge >= 0.3 is 0 Å². The van der Waals surface area contributed by atoms with Crippen LogP contribution in [0.4, 0.5) is 5.13 Å². The van der Waals surface area contributed by atoms with Gasteiger partial charge in [-0.2, -0.15) is 0 Å². The van der Waals surface area contributed by atoms with Crippen LogP contribution in [0.25, 0.3) is 0 Å². The van der Waals surface area contributed by atoms with Crippen molar-refractivity contribution in [2.45, 2.75) is 19.5 Å². The SMILES string of the molecule is C[C@@H]1CN(Cc2cccc(OCC(N)=O)c2)CCN1c1nccs1. The molecule has 2 aromatic rings. The molecule has 1 saturated heterocycles. The standard InChI is InChI=1S/C17H22N4O2S/c1-13-10-20(6-7-21(13)17-19-5-8-24-17)11-14-3-2-4-15(9-14)23-12-16(18)22/h2-5,8-9,13H,6-7,10-12H2,1H3,(H2,18,22)/t13-/m1/s1. The number of thiazole rings is 1. The van der Waals surface area contributed by atoms with E-state index in [-0.39, 0.29) is 6.61 Å². The van der Waals surface area contributed by atoms with Crippen molar-refractivity contribution in [3.05, 3.63) is 41.4 Å². The first kappa shape index (κ1) is 16.7. The Morgan fingerprint density at radius 2 is 2.33 bits per heavy atom. The van der Waals surface area contributed by atoms with Crippen LogP contribution in [0.5, 0.6) is 5.75 Å². The Bertz CT molecular complexity index is 677. The highest BCUT2D eigenvalue weighted by Crippen LogP contribution is 2.24. The normalized spacial score (nSPS) is 18.5. The molecule has 128 valence electrons. The van der Waals surface area contributed by atoms with Crippen LogP contribution in [0.15, 0.2) is 35.8 Å². The van der Waals surface area contributed by atoms with Crippen LogP contribution in [0, 0.1) is 0 Å². The van der Waals surface area contributed by atoms with Gasteiger partial charge in [0.05, 0.1) is 0 Å². The molecule has 0 aliphatic carbocycles. The largest absolute Gasteiger partial charge is 0.484 e. The second-order valence-electron chi connectivity index (χ2n) is 5.99. The molecule has 7 heteroatoms. The van der Waals surface area contributed by atoms with Crippen LogP contribution in [0.1, 0.15) is 12.5 Å². The van der Waals surface area contributed by atoms with E-state index in [0.29, 0.717) is 11.8 Å². The highest BCUT2D eigenvalue weighted by Gasteiger charge is 2.25. The first-order chi connectivity index (χ1) is 11.6. The summed E-state index contributed by atoms with van der Waals surface area (Å²) in [6.45, 7) is 5.98. The first-order valence-corrected chi connectivity index (χ1v) is 8.88. The van der Waals surface area contributed by atoms with Crippen molar-refractivity contribution in [3.8, 4) is 5.75 Å². The fourth-order valence-electron chi connectivity index (χ4n) is 2.96. The van der Waals surface area contributed by atoms with Gasteiger partial charge in [-0.15, -0.1) is 11.3 Å². The van der Waals surface area contributed by atoms with E-state index in [1.54, 1.807) is 11.3 Å². The van der Waals surface area contributed by atoms with E-state index in [9.17, 15) is 4.79 Å². The molecule has 2 heterocycles. The maximum absolute atomic E-state index is 10.8. The summed E-state index contributed by atoms with van der Waals surface area (Å²) in [5, 5.41) is 3.12. The number of primary amides is 1. The highest BCUT2D eigenvalue weighted by atomic mass is 32.1. The second-order valence-corrected chi connectivity index (χ2v) is 6.87. The summed E-state index contributed by atoms with van der Waals surface area (Å²) in [6.07, 6.45) is 1.86. The zero-order chi connectivity index (χ0) is 16.9. The Balaban J connectivity index is 1.57. The number of piperazine rings is 1. The van der Waals surface area contributed by atoms with Gasteiger partial charge in [-0.25, -0.2) is 4.98 Å². The molecule has 1 aromatic carbocycles. The molecule has 1 atom stereocenters. The van der Waals surface area contributed by atoms with Crippen LogP contribution in [-0.2, 0) is 11.3 Å². The number of ether oxygens (including phenoxy) is 1. The Labute approximate surface area is 145 Å². The molecule has 0 bridgehead atoms. The summed E-state index contributed by atoms with van der Waals surface area (Å²) in [4.78, 5) is 20.0. The van der Waals surface area contributed by atoms with E-state index in [1.165, 1.54) is 5.56 Å². The predicted octanol–water partition coefficient (Wildman–Crippen LogP) is 1.72. The van der Waals surface area contributed by atoms with Crippen LogP contribution in [0.2, 0.25) is 0 Å². The van der Waals surface area contributed by atoms with Gasteiger partial charge < -0.3 is 15.4 Å². The zero-order valence-electron chi connectivity index (χ0n) is 13.7. The lowest BCUT2D eigenvalue weighted by Crippen LogP contribution is -2.51. The van der Waals surface area contributed by atoms with Gasteiger partial charge in [-0.3, -0.25) is 9.69 Å². The molecule has 1 aliphatic rings. The number of anilines is 1. The number of benzene rings is 1. The quantitative estimate of drug-likeness (QED) is 0.862. The van der Waals surface area contributed by atoms with Gasteiger partial charge in [-0.1, -0.05) is 12.1 Å². The fourth-order valence-corrected chi connectivity index (χ4v) is 3.74. The third-order valence-corrected chi connectivity index (χ3v) is 4.87. The smallest absolute Gasteiger partial charge is 0.255 e. The van der Waals surface area contributed by atoms with Crippen molar-refractivity contribution in [3.63, 3.8) is 0 Å². The lowest BCUT2D eigenvalue weighted by Gasteiger charge is -2.39. The van der Waals surface area contributed by atoms with Crippen molar-refractivity contribution >= 4 is 22.4 Å². The van der Waals surface area contributed by atoms with E-state index >= 15 is 0 Å². The lowest BCUT2D eigenvalue weighted by atomic mass is 10.1. The molecular formula is C17H22N4O2S. The predicted molar refractivity (Wildman–Crippen MR) is 95.3 cm³/mol. The van der Waals surface area contributed by atoms with E-state index in [4.69, 9.17) is 10.5 Å². The molecule has 1 amide bonds. The molecule has 1 fully saturated rings. The fraction of sp³-hybridized carbons (Fsp3) is 0.412. The second kappa shape index (κ2) is 7.63. The maximum Gasteiger partial charge on any atom is 0.255 e. The maximum atomic E-state index is 10.8. The average molecular weight is 346 g/mol. The Hall–Kier alpha value is -2.12. The monoisotopic (exact) mass is 346 g/mol. The van der Waals surface area contributed by atoms with Crippen LogP contribution < -0.4 is 15.4 Å². The number of nitrogens with zero attached hydrogens (tertiary/aromatic N) is 3. The number of carbonyl (C=O) groups is 1. The molecule has 24 heavy (non-hydrogen) atoms. The first-order valence-electron chi connectivity index (χ1n) is 8.00. The average Bonchev–Trinajstić information content (AvgIpc) is 3.08. The van der Waals surface area contributed by atoms with Crippen molar-refractivity contribution in [2.24, 2.45) is 5.73 Å². The summed E-state index contributed by atoms with van der Waals surface area (Å²) in [6, 6.07) is 8.27. The third-order valence-electron chi connectivity index (χ3n) is 4.06. The Kier molecular flexibility index (Phi) is 5.32. The molecule has 3 rings (SSSR count). The third kappa shape index (κ3) is 4.24. The molecule has 1 aromatic heterocycles. The van der Waals surface area contributed by atoms with E-state index in [2.05, 4.69) is 27.8 Å². The lowest BCUT2D eigenvalue weighted by molar-refractivity contribution is -0.119. The van der Waals surface area contributed by atoms with Crippen molar-refractivity contribution < 1.29 is 9.53 Å². The Morgan fingerprint density at radius 1 is 1.46 bits per heavy atom. The highest BCUT2D eigenvalue weighted by molar-refractivity contribution is 7.13. The molecular weight excluding hydrogens is 324 g/mol. The summed E-state index contributed by atoms with van der Waals surface area (Å²) in [5.41, 5.74) is 6.29. The van der Waals surface area contributed by atoms with Gasteiger partial charge in [0.2, 0.25) is 0 Å². The zero-order valence-corrected chi connectivity index (χ0v) is 14.5. The molecule has 0 unspecified atom stereocenters. The molecule has 0 saturated carbocycles. The number of rotatable bonds is 6. The summed E-state index contributed by atoms with van der Waals surface area (Å²) >= 11 is 1.69. The molecule has 0 spiro atoms. The van der Waals surface area contributed by atoms with Gasteiger partial charge in [0, 0.05) is 43.8 Å². The van der Waals surface area contributed by atoms with Gasteiger partial charge in [0.15, 0.2) is 11.7 Å². The number of hydrogen-bond donors (Lipinski definition) is 1. The van der Waals surface area contributed by atoms with Crippen molar-refractivity contribution in [1.82, 2.24) is 9.88 Å². The van der Waals surface area contributed by atoms with E-state index in [1.807, 2.05) is 29.8 Å². The molecule has 2 N–H and O–H groups in total. The number of hydrogen-bond acceptors (Lipinski definition) is 6. The van der Waals surface area contributed by atoms with E-state index < -0.39 is 5.91 Å². The Morgan fingerprint density at radius 3 is 3.04 bits per heavy atom.